The molecule has 14 heavy (non-hydrogen) atoms. The third-order valence-electron chi connectivity index (χ3n) is 0.200. The van der Waals surface area contributed by atoms with Crippen molar-refractivity contribution in [2.45, 2.75) is 0 Å². The van der Waals surface area contributed by atoms with Gasteiger partial charge in [-0.15, -0.1) is 0 Å². The van der Waals surface area contributed by atoms with Crippen LogP contribution < -0.4 is 25.3 Å². The number of hydrogen-bond acceptors (Lipinski definition) is 9. The molecule has 0 radical (unpaired) electrons. The number of hydrogen-bond donors (Lipinski definition) is 1. The maximum atomic E-state index is 9.32. The summed E-state index contributed by atoms with van der Waals surface area (Å²) in [5.41, 5.74) is 4.15. The summed E-state index contributed by atoms with van der Waals surface area (Å²) in [6.07, 6.45) is 1.25. The van der Waals surface area contributed by atoms with E-state index in [1.807, 2.05) is 0 Å². The van der Waals surface area contributed by atoms with Crippen LogP contribution in [-0.4, -0.2) is 0 Å². The quantitative estimate of drug-likeness (QED) is 0.225. The minimum absolute atomic E-state index is 0. The Morgan fingerprint density at radius 1 is 1.07 bits per heavy atom. The SMILES string of the molecule is N#CN.O=P([O-])([O-])OP(=O)([O-])[O-].[Zn+2].[Zn+2]. The van der Waals surface area contributed by atoms with E-state index in [2.05, 4.69) is 10.0 Å². The third kappa shape index (κ3) is 38.5. The van der Waals surface area contributed by atoms with Crippen LogP contribution in [0.4, 0.5) is 0 Å². The Bertz CT molecular complexity index is 231. The van der Waals surface area contributed by atoms with Gasteiger partial charge in [-0.1, -0.05) is 0 Å². The molecule has 0 bridgehead atoms. The number of nitrogens with two attached hydrogens (primary N) is 1. The molecule has 0 rings (SSSR count). The van der Waals surface area contributed by atoms with Gasteiger partial charge in [-0.3, -0.25) is 0 Å². The molecular weight excluding hydrogens is 345 g/mol. The van der Waals surface area contributed by atoms with E-state index >= 15 is 0 Å². The van der Waals surface area contributed by atoms with Gasteiger partial charge in [0.15, 0.2) is 6.19 Å². The summed E-state index contributed by atoms with van der Waals surface area (Å²) in [7, 11) is -11.4. The Balaban J connectivity index is -0.0000000891. The van der Waals surface area contributed by atoms with Crippen molar-refractivity contribution in [3.8, 4) is 6.19 Å². The summed E-state index contributed by atoms with van der Waals surface area (Å²) in [6.45, 7) is 0. The maximum Gasteiger partial charge on any atom is 2.00 e. The van der Waals surface area contributed by atoms with Gasteiger partial charge in [-0.2, -0.15) is 5.26 Å². The molecule has 0 aliphatic rings. The minimum Gasteiger partial charge on any atom is -0.790 e. The van der Waals surface area contributed by atoms with E-state index in [-0.39, 0.29) is 39.0 Å². The van der Waals surface area contributed by atoms with Gasteiger partial charge in [0.1, 0.15) is 0 Å². The molecule has 72 valence electrons. The number of rotatable bonds is 2. The van der Waals surface area contributed by atoms with Crippen molar-refractivity contribution in [3.05, 3.63) is 0 Å². The van der Waals surface area contributed by atoms with Crippen molar-refractivity contribution in [2.75, 3.05) is 0 Å². The molecule has 0 aliphatic carbocycles. The van der Waals surface area contributed by atoms with Gasteiger partial charge in [-0.25, -0.2) is 0 Å². The monoisotopic (exact) mass is 344 g/mol. The first-order valence-electron chi connectivity index (χ1n) is 1.97. The Kier molecular flexibility index (Phi) is 17.8. The molecule has 0 atom stereocenters. The molecule has 0 saturated heterocycles. The Labute approximate surface area is 105 Å². The molecule has 2 N–H and O–H groups in total. The van der Waals surface area contributed by atoms with Gasteiger partial charge in [0, 0.05) is 0 Å². The van der Waals surface area contributed by atoms with Crippen LogP contribution in [-0.2, 0) is 52.4 Å². The molecule has 0 aromatic heterocycles. The molecule has 0 aromatic carbocycles. The first kappa shape index (κ1) is 24.2. The van der Waals surface area contributed by atoms with Crippen LogP contribution >= 0.6 is 15.6 Å². The van der Waals surface area contributed by atoms with Gasteiger partial charge in [0.05, 0.1) is 15.6 Å². The van der Waals surface area contributed by atoms with Gasteiger partial charge >= 0.3 is 39.0 Å². The van der Waals surface area contributed by atoms with E-state index in [4.69, 9.17) is 5.26 Å². The van der Waals surface area contributed by atoms with Crippen LogP contribution in [0.3, 0.4) is 0 Å². The summed E-state index contributed by atoms with van der Waals surface area (Å²) < 4.78 is 21.2. The zero-order valence-electron chi connectivity index (χ0n) is 6.69. The Morgan fingerprint density at radius 2 is 1.21 bits per heavy atom. The summed E-state index contributed by atoms with van der Waals surface area (Å²) in [4.78, 5) is 37.3. The van der Waals surface area contributed by atoms with Crippen LogP contribution in [0.2, 0.25) is 0 Å². The molecule has 9 nitrogen and oxygen atoms in total. The summed E-state index contributed by atoms with van der Waals surface area (Å²) in [5.74, 6) is 0. The maximum absolute atomic E-state index is 9.32. The smallest absolute Gasteiger partial charge is 0.790 e. The first-order chi connectivity index (χ1) is 5.12. The normalized spacial score (nSPS) is 9.36. The fourth-order valence-electron chi connectivity index (χ4n) is 0.122. The second-order valence-corrected chi connectivity index (χ2v) is 3.55. The van der Waals surface area contributed by atoms with Crippen molar-refractivity contribution in [2.24, 2.45) is 5.73 Å². The molecule has 13 heteroatoms. The van der Waals surface area contributed by atoms with Gasteiger partial charge in [0.25, 0.3) is 0 Å². The Morgan fingerprint density at radius 3 is 1.21 bits per heavy atom. The molecule has 0 amide bonds. The predicted molar refractivity (Wildman–Crippen MR) is 26.1 cm³/mol. The number of phosphoric acid groups is 2. The van der Waals surface area contributed by atoms with Crippen molar-refractivity contribution in [1.29, 1.82) is 5.26 Å². The molecule has 0 saturated carbocycles. The topological polar surface area (TPSA) is 185 Å². The van der Waals surface area contributed by atoms with Gasteiger partial charge in [-0.05, 0) is 0 Å². The number of nitriles is 1. The standard InChI is InChI=1S/CH2N2.H4O7P2.2Zn/c2-1-3;1-8(2,3)7-9(4,5)6;;/h2H2;(H2,1,2,3)(H2,4,5,6);;/q;;2*+2/p-4. The Hall–Kier alpha value is 0.797. The largest absolute Gasteiger partial charge is 2.00 e. The van der Waals surface area contributed by atoms with Crippen LogP contribution in [0.5, 0.6) is 0 Å². The molecule has 0 unspecified atom stereocenters. The molecule has 0 aromatic rings. The van der Waals surface area contributed by atoms with E-state index in [0.717, 1.165) is 0 Å². The van der Waals surface area contributed by atoms with E-state index in [1.165, 1.54) is 6.19 Å². The zero-order valence-corrected chi connectivity index (χ0v) is 14.4. The summed E-state index contributed by atoms with van der Waals surface area (Å²) in [5, 5.41) is 7.10. The summed E-state index contributed by atoms with van der Waals surface area (Å²) in [6, 6.07) is 0. The second kappa shape index (κ2) is 10.3. The average Bonchev–Trinajstić information content (AvgIpc) is 1.53. The van der Waals surface area contributed by atoms with E-state index in [9.17, 15) is 28.7 Å². The van der Waals surface area contributed by atoms with Gasteiger partial charge in [0.2, 0.25) is 0 Å². The van der Waals surface area contributed by atoms with Crippen molar-refractivity contribution in [1.82, 2.24) is 0 Å². The van der Waals surface area contributed by atoms with Crippen LogP contribution in [0.1, 0.15) is 0 Å². The molecule has 0 spiro atoms. The summed E-state index contributed by atoms with van der Waals surface area (Å²) >= 11 is 0. The fourth-order valence-corrected chi connectivity index (χ4v) is 1.10. The van der Waals surface area contributed by atoms with E-state index < -0.39 is 15.6 Å². The van der Waals surface area contributed by atoms with Crippen LogP contribution in [0.25, 0.3) is 0 Å². The van der Waals surface area contributed by atoms with Crippen molar-refractivity contribution in [3.63, 3.8) is 0 Å². The molecule has 0 heterocycles. The molecule has 0 fully saturated rings. The third-order valence-corrected chi connectivity index (χ3v) is 1.80. The van der Waals surface area contributed by atoms with E-state index in [1.54, 1.807) is 0 Å². The van der Waals surface area contributed by atoms with E-state index in [0.29, 0.717) is 0 Å². The van der Waals surface area contributed by atoms with Gasteiger partial charge < -0.3 is 38.7 Å². The molecular formula is CH2N2O7P2Zn2. The zero-order chi connectivity index (χ0) is 10.4. The van der Waals surface area contributed by atoms with Crippen molar-refractivity contribution < 1.29 is 72.0 Å². The predicted octanol–water partition coefficient (Wildman–Crippen LogP) is -3.92. The average molecular weight is 347 g/mol. The van der Waals surface area contributed by atoms with Crippen LogP contribution in [0, 0.1) is 11.5 Å². The first-order valence-corrected chi connectivity index (χ1v) is 4.89. The number of nitrogens with zero attached hydrogens (tertiary/aromatic N) is 1. The fraction of sp³-hybridized carbons (Fsp3) is 0. The second-order valence-electron chi connectivity index (χ2n) is 1.11. The minimum atomic E-state index is -5.68. The van der Waals surface area contributed by atoms with Crippen LogP contribution in [0.15, 0.2) is 0 Å². The molecule has 0 aliphatic heterocycles. The van der Waals surface area contributed by atoms with Crippen molar-refractivity contribution >= 4 is 15.6 Å².